The molecular weight excluding hydrogens is 376 g/mol. The van der Waals surface area contributed by atoms with Crippen LogP contribution in [0, 0.1) is 12.3 Å². The quantitative estimate of drug-likeness (QED) is 0.825. The first-order valence-corrected chi connectivity index (χ1v) is 11.9. The SMILES string of the molecule is Cc1ccccc1S(=O)(=O)N1CCC2(CC1)COC(CN1CCCC(O)C1)C2. The van der Waals surface area contributed by atoms with Gasteiger partial charge in [0, 0.05) is 26.2 Å². The molecule has 0 radical (unpaired) electrons. The second-order valence-corrected chi connectivity index (χ2v) is 10.8. The molecule has 1 spiro atoms. The maximum absolute atomic E-state index is 13.0. The van der Waals surface area contributed by atoms with Crippen molar-refractivity contribution in [2.45, 2.75) is 56.1 Å². The van der Waals surface area contributed by atoms with Crippen molar-refractivity contribution >= 4 is 10.0 Å². The zero-order valence-electron chi connectivity index (χ0n) is 16.7. The second kappa shape index (κ2) is 8.03. The summed E-state index contributed by atoms with van der Waals surface area (Å²) in [6, 6.07) is 7.22. The van der Waals surface area contributed by atoms with Crippen molar-refractivity contribution in [3.05, 3.63) is 29.8 Å². The summed E-state index contributed by atoms with van der Waals surface area (Å²) in [5.41, 5.74) is 0.910. The molecule has 7 heteroatoms. The number of hydrogen-bond donors (Lipinski definition) is 1. The van der Waals surface area contributed by atoms with E-state index in [-0.39, 0.29) is 17.6 Å². The van der Waals surface area contributed by atoms with Gasteiger partial charge in [0.1, 0.15) is 0 Å². The van der Waals surface area contributed by atoms with Gasteiger partial charge >= 0.3 is 0 Å². The van der Waals surface area contributed by atoms with Gasteiger partial charge in [0.05, 0.1) is 23.7 Å². The molecule has 156 valence electrons. The Kier molecular flexibility index (Phi) is 5.82. The highest BCUT2D eigenvalue weighted by molar-refractivity contribution is 7.89. The van der Waals surface area contributed by atoms with Crippen LogP contribution in [0.1, 0.15) is 37.7 Å². The van der Waals surface area contributed by atoms with Gasteiger partial charge in [-0.2, -0.15) is 4.31 Å². The molecule has 2 unspecified atom stereocenters. The molecule has 4 rings (SSSR count). The number of piperidine rings is 2. The van der Waals surface area contributed by atoms with Crippen molar-refractivity contribution in [3.8, 4) is 0 Å². The topological polar surface area (TPSA) is 70.1 Å². The molecule has 3 aliphatic rings. The van der Waals surface area contributed by atoms with Crippen LogP contribution < -0.4 is 0 Å². The van der Waals surface area contributed by atoms with Crippen molar-refractivity contribution < 1.29 is 18.3 Å². The lowest BCUT2D eigenvalue weighted by molar-refractivity contribution is 0.0242. The molecule has 2 atom stereocenters. The molecule has 0 aromatic heterocycles. The first-order valence-electron chi connectivity index (χ1n) is 10.5. The molecule has 28 heavy (non-hydrogen) atoms. The number of nitrogens with zero attached hydrogens (tertiary/aromatic N) is 2. The second-order valence-electron chi connectivity index (χ2n) is 8.86. The largest absolute Gasteiger partial charge is 0.392 e. The predicted octanol–water partition coefficient (Wildman–Crippen LogP) is 2.01. The smallest absolute Gasteiger partial charge is 0.243 e. The Hall–Kier alpha value is -0.990. The zero-order valence-corrected chi connectivity index (χ0v) is 17.5. The molecule has 0 amide bonds. The van der Waals surface area contributed by atoms with Gasteiger partial charge in [-0.1, -0.05) is 18.2 Å². The summed E-state index contributed by atoms with van der Waals surface area (Å²) in [5.74, 6) is 0. The van der Waals surface area contributed by atoms with Gasteiger partial charge in [-0.3, -0.25) is 4.90 Å². The summed E-state index contributed by atoms with van der Waals surface area (Å²) in [5, 5.41) is 9.87. The summed E-state index contributed by atoms with van der Waals surface area (Å²) in [7, 11) is -3.42. The van der Waals surface area contributed by atoms with Crippen molar-refractivity contribution in [2.24, 2.45) is 5.41 Å². The minimum absolute atomic E-state index is 0.108. The van der Waals surface area contributed by atoms with E-state index in [1.807, 2.05) is 19.1 Å². The minimum Gasteiger partial charge on any atom is -0.392 e. The van der Waals surface area contributed by atoms with E-state index in [4.69, 9.17) is 4.74 Å². The number of ether oxygens (including phenoxy) is 1. The lowest BCUT2D eigenvalue weighted by Gasteiger charge is -2.38. The summed E-state index contributed by atoms with van der Waals surface area (Å²) >= 11 is 0. The fraction of sp³-hybridized carbons (Fsp3) is 0.714. The molecule has 3 aliphatic heterocycles. The van der Waals surface area contributed by atoms with E-state index in [1.54, 1.807) is 16.4 Å². The van der Waals surface area contributed by atoms with Crippen LogP contribution in [-0.4, -0.2) is 74.3 Å². The Morgan fingerprint density at radius 1 is 1.21 bits per heavy atom. The van der Waals surface area contributed by atoms with Crippen LogP contribution in [0.5, 0.6) is 0 Å². The Balaban J connectivity index is 1.34. The molecule has 1 aromatic carbocycles. The molecule has 1 aromatic rings. The molecule has 0 bridgehead atoms. The molecule has 6 nitrogen and oxygen atoms in total. The number of rotatable bonds is 4. The number of likely N-dealkylation sites (tertiary alicyclic amines) is 1. The van der Waals surface area contributed by atoms with Crippen LogP contribution >= 0.6 is 0 Å². The fourth-order valence-electron chi connectivity index (χ4n) is 5.03. The van der Waals surface area contributed by atoms with Crippen LogP contribution in [-0.2, 0) is 14.8 Å². The van der Waals surface area contributed by atoms with Gasteiger partial charge < -0.3 is 9.84 Å². The van der Waals surface area contributed by atoms with Gasteiger partial charge in [0.2, 0.25) is 10.0 Å². The highest BCUT2D eigenvalue weighted by Crippen LogP contribution is 2.43. The van der Waals surface area contributed by atoms with Crippen molar-refractivity contribution in [2.75, 3.05) is 39.3 Å². The maximum Gasteiger partial charge on any atom is 0.243 e. The standard InChI is InChI=1S/C21H32N2O4S/c1-17-5-2-3-7-20(17)28(25,26)23-11-8-21(9-12-23)13-19(27-16-21)15-22-10-4-6-18(24)14-22/h2-3,5,7,18-19,24H,4,6,8-16H2,1H3. The summed E-state index contributed by atoms with van der Waals surface area (Å²) in [6.07, 6.45) is 4.65. The fourth-order valence-corrected chi connectivity index (χ4v) is 6.70. The average molecular weight is 409 g/mol. The van der Waals surface area contributed by atoms with E-state index in [0.717, 1.165) is 63.9 Å². The van der Waals surface area contributed by atoms with E-state index < -0.39 is 10.0 Å². The number of aryl methyl sites for hydroxylation is 1. The van der Waals surface area contributed by atoms with Crippen LogP contribution in [0.3, 0.4) is 0 Å². The molecule has 3 heterocycles. The van der Waals surface area contributed by atoms with Crippen molar-refractivity contribution in [1.29, 1.82) is 0 Å². The first kappa shape index (κ1) is 20.3. The minimum atomic E-state index is -3.42. The first-order chi connectivity index (χ1) is 13.4. The summed E-state index contributed by atoms with van der Waals surface area (Å²) in [6.45, 7) is 6.37. The van der Waals surface area contributed by atoms with Crippen LogP contribution in [0.25, 0.3) is 0 Å². The summed E-state index contributed by atoms with van der Waals surface area (Å²) in [4.78, 5) is 2.74. The molecule has 0 saturated carbocycles. The third kappa shape index (κ3) is 4.14. The lowest BCUT2D eigenvalue weighted by Crippen LogP contribution is -2.44. The van der Waals surface area contributed by atoms with Gasteiger partial charge in [-0.25, -0.2) is 8.42 Å². The summed E-state index contributed by atoms with van der Waals surface area (Å²) < 4.78 is 33.8. The van der Waals surface area contributed by atoms with Crippen LogP contribution in [0.4, 0.5) is 0 Å². The molecule has 3 fully saturated rings. The Bertz CT molecular complexity index is 789. The lowest BCUT2D eigenvalue weighted by atomic mass is 9.77. The highest BCUT2D eigenvalue weighted by Gasteiger charge is 2.45. The number of β-amino-alcohol motifs (C(OH)–C–C–N with tert-alkyl or cyclic N) is 1. The molecular formula is C21H32N2O4S. The van der Waals surface area contributed by atoms with E-state index in [0.29, 0.717) is 18.0 Å². The Morgan fingerprint density at radius 3 is 2.68 bits per heavy atom. The van der Waals surface area contributed by atoms with E-state index in [9.17, 15) is 13.5 Å². The maximum atomic E-state index is 13.0. The average Bonchev–Trinajstić information content (AvgIpc) is 3.04. The highest BCUT2D eigenvalue weighted by atomic mass is 32.2. The Labute approximate surface area is 168 Å². The molecule has 1 N–H and O–H groups in total. The Morgan fingerprint density at radius 2 is 1.96 bits per heavy atom. The zero-order chi connectivity index (χ0) is 19.8. The number of aliphatic hydroxyl groups is 1. The third-order valence-electron chi connectivity index (χ3n) is 6.72. The van der Waals surface area contributed by atoms with Crippen LogP contribution in [0.2, 0.25) is 0 Å². The third-order valence-corrected chi connectivity index (χ3v) is 8.78. The van der Waals surface area contributed by atoms with Gasteiger partial charge in [0.25, 0.3) is 0 Å². The van der Waals surface area contributed by atoms with Crippen LogP contribution in [0.15, 0.2) is 29.2 Å². The molecule has 3 saturated heterocycles. The number of sulfonamides is 1. The number of hydrogen-bond acceptors (Lipinski definition) is 5. The van der Waals surface area contributed by atoms with Crippen molar-refractivity contribution in [3.63, 3.8) is 0 Å². The van der Waals surface area contributed by atoms with Gasteiger partial charge in [0.15, 0.2) is 0 Å². The molecule has 0 aliphatic carbocycles. The normalized spacial score (nSPS) is 29.4. The monoisotopic (exact) mass is 408 g/mol. The number of benzene rings is 1. The van der Waals surface area contributed by atoms with E-state index >= 15 is 0 Å². The van der Waals surface area contributed by atoms with E-state index in [1.165, 1.54) is 0 Å². The van der Waals surface area contributed by atoms with E-state index in [2.05, 4.69) is 4.90 Å². The van der Waals surface area contributed by atoms with Crippen molar-refractivity contribution in [1.82, 2.24) is 9.21 Å². The van der Waals surface area contributed by atoms with Gasteiger partial charge in [-0.05, 0) is 62.6 Å². The van der Waals surface area contributed by atoms with Gasteiger partial charge in [-0.15, -0.1) is 0 Å². The number of aliphatic hydroxyl groups excluding tert-OH is 1. The predicted molar refractivity (Wildman–Crippen MR) is 108 cm³/mol.